The molecular formula is C19H18O5. The second kappa shape index (κ2) is 8.06. The largest absolute Gasteiger partial charge is 0.463 e. The van der Waals surface area contributed by atoms with Gasteiger partial charge in [0.15, 0.2) is 5.78 Å². The van der Waals surface area contributed by atoms with Gasteiger partial charge in [0.25, 0.3) is 0 Å². The van der Waals surface area contributed by atoms with Crippen molar-refractivity contribution in [3.8, 4) is 0 Å². The Morgan fingerprint density at radius 1 is 1.04 bits per heavy atom. The van der Waals surface area contributed by atoms with E-state index in [-0.39, 0.29) is 24.6 Å². The molecule has 0 aromatic heterocycles. The van der Waals surface area contributed by atoms with E-state index in [0.717, 1.165) is 11.6 Å². The molecule has 5 nitrogen and oxygen atoms in total. The summed E-state index contributed by atoms with van der Waals surface area (Å²) in [5, 5.41) is 0. The predicted molar refractivity (Wildman–Crippen MR) is 89.8 cm³/mol. The summed E-state index contributed by atoms with van der Waals surface area (Å²) in [6.45, 7) is 3.68. The number of ether oxygens (including phenoxy) is 2. The van der Waals surface area contributed by atoms with Crippen molar-refractivity contribution in [1.82, 2.24) is 0 Å². The smallest absolute Gasteiger partial charge is 0.338 e. The summed E-state index contributed by atoms with van der Waals surface area (Å²) in [7, 11) is 0. The minimum atomic E-state index is -0.683. The molecule has 1 aliphatic rings. The van der Waals surface area contributed by atoms with Gasteiger partial charge in [0.2, 0.25) is 0 Å². The van der Waals surface area contributed by atoms with Gasteiger partial charge < -0.3 is 9.47 Å². The van der Waals surface area contributed by atoms with Crippen LogP contribution in [0, 0.1) is 0 Å². The molecule has 0 N–H and O–H groups in total. The summed E-state index contributed by atoms with van der Waals surface area (Å²) in [4.78, 5) is 36.0. The number of allylic oxidation sites excluding steroid dienone is 2. The minimum Gasteiger partial charge on any atom is -0.463 e. The van der Waals surface area contributed by atoms with Crippen LogP contribution in [0.3, 0.4) is 0 Å². The first kappa shape index (κ1) is 17.4. The van der Waals surface area contributed by atoms with E-state index >= 15 is 0 Å². The summed E-state index contributed by atoms with van der Waals surface area (Å²) in [6.07, 6.45) is 5.57. The standard InChI is InChI=1S/C19H18O5/c1-3-23-18(21)12-14(19(22)24-4-2)11-16-15-8-6-5-7-13(15)9-10-17(16)20/h5-12H,3-4H2,1-2H3/b14-12+,16-11-. The van der Waals surface area contributed by atoms with Crippen LogP contribution in [-0.2, 0) is 23.9 Å². The third kappa shape index (κ3) is 4.07. The molecule has 5 heteroatoms. The second-order valence-corrected chi connectivity index (χ2v) is 4.92. The fraction of sp³-hybridized carbons (Fsp3) is 0.211. The molecule has 0 spiro atoms. The predicted octanol–water partition coefficient (Wildman–Crippen LogP) is 2.72. The van der Waals surface area contributed by atoms with E-state index in [1.54, 1.807) is 32.1 Å². The van der Waals surface area contributed by atoms with Crippen LogP contribution in [0.25, 0.3) is 11.6 Å². The molecule has 0 aliphatic heterocycles. The van der Waals surface area contributed by atoms with Crippen molar-refractivity contribution in [3.05, 3.63) is 59.2 Å². The van der Waals surface area contributed by atoms with Crippen LogP contribution < -0.4 is 0 Å². The molecule has 0 fully saturated rings. The second-order valence-electron chi connectivity index (χ2n) is 4.92. The lowest BCUT2D eigenvalue weighted by Gasteiger charge is -2.13. The van der Waals surface area contributed by atoms with E-state index in [9.17, 15) is 14.4 Å². The van der Waals surface area contributed by atoms with Crippen LogP contribution >= 0.6 is 0 Å². The average Bonchev–Trinajstić information content (AvgIpc) is 2.57. The average molecular weight is 326 g/mol. The molecule has 1 aromatic carbocycles. The summed E-state index contributed by atoms with van der Waals surface area (Å²) < 4.78 is 9.79. The Bertz CT molecular complexity index is 753. The van der Waals surface area contributed by atoms with Gasteiger partial charge in [0.05, 0.1) is 18.8 Å². The summed E-state index contributed by atoms with van der Waals surface area (Å²) in [5.74, 6) is -1.59. The van der Waals surface area contributed by atoms with Crippen LogP contribution in [0.1, 0.15) is 25.0 Å². The Hall–Kier alpha value is -2.95. The lowest BCUT2D eigenvalue weighted by Crippen LogP contribution is -2.12. The molecule has 0 amide bonds. The Labute approximate surface area is 140 Å². The molecule has 1 aliphatic carbocycles. The third-order valence-corrected chi connectivity index (χ3v) is 3.30. The number of rotatable bonds is 5. The van der Waals surface area contributed by atoms with Gasteiger partial charge in [-0.1, -0.05) is 30.3 Å². The van der Waals surface area contributed by atoms with Gasteiger partial charge in [-0.2, -0.15) is 0 Å². The number of carbonyl (C=O) groups is 3. The zero-order chi connectivity index (χ0) is 17.5. The van der Waals surface area contributed by atoms with Crippen molar-refractivity contribution in [1.29, 1.82) is 0 Å². The number of esters is 2. The highest BCUT2D eigenvalue weighted by Gasteiger charge is 2.20. The molecule has 0 saturated carbocycles. The van der Waals surface area contributed by atoms with Crippen LogP contribution in [-0.4, -0.2) is 30.9 Å². The van der Waals surface area contributed by atoms with Gasteiger partial charge in [-0.3, -0.25) is 4.79 Å². The SMILES string of the molecule is CCOC(=O)/C=C(\C=C1/C(=O)C=Cc2ccccc21)C(=O)OCC. The molecule has 24 heavy (non-hydrogen) atoms. The summed E-state index contributed by atoms with van der Waals surface area (Å²) in [5.41, 5.74) is 1.87. The summed E-state index contributed by atoms with van der Waals surface area (Å²) in [6, 6.07) is 7.32. The molecule has 124 valence electrons. The van der Waals surface area contributed by atoms with Crippen LogP contribution in [0.4, 0.5) is 0 Å². The third-order valence-electron chi connectivity index (χ3n) is 3.30. The fourth-order valence-electron chi connectivity index (χ4n) is 2.26. The zero-order valence-electron chi connectivity index (χ0n) is 13.6. The van der Waals surface area contributed by atoms with Crippen LogP contribution in [0.5, 0.6) is 0 Å². The van der Waals surface area contributed by atoms with E-state index < -0.39 is 11.9 Å². The normalized spacial score (nSPS) is 15.2. The number of benzene rings is 1. The number of ketones is 1. The van der Waals surface area contributed by atoms with E-state index in [4.69, 9.17) is 9.47 Å². The molecular weight excluding hydrogens is 308 g/mol. The van der Waals surface area contributed by atoms with Crippen molar-refractivity contribution < 1.29 is 23.9 Å². The van der Waals surface area contributed by atoms with Crippen molar-refractivity contribution in [2.45, 2.75) is 13.8 Å². The monoisotopic (exact) mass is 326 g/mol. The quantitative estimate of drug-likeness (QED) is 0.615. The fourth-order valence-corrected chi connectivity index (χ4v) is 2.26. The highest BCUT2D eigenvalue weighted by Crippen LogP contribution is 2.27. The molecule has 0 saturated heterocycles. The Balaban J connectivity index is 2.49. The topological polar surface area (TPSA) is 69.7 Å². The summed E-state index contributed by atoms with van der Waals surface area (Å²) >= 11 is 0. The zero-order valence-corrected chi connectivity index (χ0v) is 13.6. The van der Waals surface area contributed by atoms with Gasteiger partial charge in [-0.05, 0) is 37.1 Å². The van der Waals surface area contributed by atoms with Crippen LogP contribution in [0.2, 0.25) is 0 Å². The number of fused-ring (bicyclic) bond motifs is 1. The van der Waals surface area contributed by atoms with E-state index in [1.807, 2.05) is 12.1 Å². The van der Waals surface area contributed by atoms with Crippen LogP contribution in [0.15, 0.2) is 48.1 Å². The lowest BCUT2D eigenvalue weighted by molar-refractivity contribution is -0.140. The van der Waals surface area contributed by atoms with E-state index in [0.29, 0.717) is 11.1 Å². The van der Waals surface area contributed by atoms with E-state index in [1.165, 1.54) is 12.2 Å². The Morgan fingerprint density at radius 3 is 2.46 bits per heavy atom. The number of carbonyl (C=O) groups excluding carboxylic acids is 3. The molecule has 1 aromatic rings. The van der Waals surface area contributed by atoms with Crippen molar-refractivity contribution in [3.63, 3.8) is 0 Å². The van der Waals surface area contributed by atoms with Gasteiger partial charge in [0, 0.05) is 11.6 Å². The van der Waals surface area contributed by atoms with Crippen molar-refractivity contribution in [2.75, 3.05) is 13.2 Å². The maximum Gasteiger partial charge on any atom is 0.338 e. The highest BCUT2D eigenvalue weighted by atomic mass is 16.5. The van der Waals surface area contributed by atoms with Gasteiger partial charge in [-0.15, -0.1) is 0 Å². The maximum absolute atomic E-state index is 12.2. The number of hydrogen-bond donors (Lipinski definition) is 0. The molecule has 0 bridgehead atoms. The highest BCUT2D eigenvalue weighted by molar-refractivity contribution is 6.30. The molecule has 0 atom stereocenters. The number of hydrogen-bond acceptors (Lipinski definition) is 5. The first-order valence-electron chi connectivity index (χ1n) is 7.65. The molecule has 2 rings (SSSR count). The lowest BCUT2D eigenvalue weighted by atomic mass is 9.90. The Kier molecular flexibility index (Phi) is 5.84. The van der Waals surface area contributed by atoms with Gasteiger partial charge in [-0.25, -0.2) is 9.59 Å². The van der Waals surface area contributed by atoms with Gasteiger partial charge >= 0.3 is 11.9 Å². The van der Waals surface area contributed by atoms with Gasteiger partial charge in [0.1, 0.15) is 0 Å². The molecule has 0 heterocycles. The maximum atomic E-state index is 12.2. The van der Waals surface area contributed by atoms with Crippen molar-refractivity contribution in [2.24, 2.45) is 0 Å². The Morgan fingerprint density at radius 2 is 1.75 bits per heavy atom. The first-order chi connectivity index (χ1) is 11.6. The first-order valence-corrected chi connectivity index (χ1v) is 7.65. The molecule has 0 unspecified atom stereocenters. The van der Waals surface area contributed by atoms with E-state index in [2.05, 4.69) is 0 Å². The minimum absolute atomic E-state index is 0.0243. The molecule has 0 radical (unpaired) electrons. The van der Waals surface area contributed by atoms with Crippen molar-refractivity contribution >= 4 is 29.4 Å².